The lowest BCUT2D eigenvalue weighted by molar-refractivity contribution is 0.0939. The highest BCUT2D eigenvalue weighted by molar-refractivity contribution is 5.92. The summed E-state index contributed by atoms with van der Waals surface area (Å²) in [6.07, 6.45) is 7.78. The largest absolute Gasteiger partial charge is 0.350 e. The van der Waals surface area contributed by atoms with Gasteiger partial charge in [-0.15, -0.1) is 0 Å². The molecule has 1 aliphatic carbocycles. The molecule has 0 spiro atoms. The van der Waals surface area contributed by atoms with E-state index in [1.54, 1.807) is 0 Å². The number of rotatable bonds is 4. The molecule has 1 atom stereocenters. The molecule has 4 heteroatoms. The van der Waals surface area contributed by atoms with E-state index < -0.39 is 0 Å². The normalized spacial score (nSPS) is 18.7. The van der Waals surface area contributed by atoms with Crippen LogP contribution in [0.2, 0.25) is 0 Å². The van der Waals surface area contributed by atoms with Crippen molar-refractivity contribution in [3.8, 4) is 0 Å². The molecule has 0 unspecified atom stereocenters. The third-order valence-corrected chi connectivity index (χ3v) is 4.13. The molecule has 0 fully saturated rings. The van der Waals surface area contributed by atoms with E-state index in [2.05, 4.69) is 57.2 Å². The van der Waals surface area contributed by atoms with Crippen LogP contribution in [-0.2, 0) is 5.54 Å². The van der Waals surface area contributed by atoms with Crippen molar-refractivity contribution >= 4 is 5.91 Å². The Balaban J connectivity index is 2.08. The lowest BCUT2D eigenvalue weighted by Crippen LogP contribution is -2.31. The summed E-state index contributed by atoms with van der Waals surface area (Å²) in [6.45, 7) is 11.3. The fraction of sp³-hybridized carbons (Fsp3) is 0.667. The van der Waals surface area contributed by atoms with Gasteiger partial charge in [0, 0.05) is 12.2 Å². The number of nitrogens with zero attached hydrogens (tertiary/aromatic N) is 2. The first-order chi connectivity index (χ1) is 10.3. The van der Waals surface area contributed by atoms with Gasteiger partial charge >= 0.3 is 0 Å². The van der Waals surface area contributed by atoms with E-state index >= 15 is 0 Å². The van der Waals surface area contributed by atoms with Gasteiger partial charge in [-0.3, -0.25) is 9.48 Å². The number of carbonyl (C=O) groups excluding carboxylic acids is 1. The SMILES string of the molecule is CC(C)c1cc(C(=O)NC[C@H]2CC=CCC2)nn1C(C)(C)C. The molecular formula is C18H29N3O. The van der Waals surface area contributed by atoms with Crippen molar-refractivity contribution in [2.75, 3.05) is 6.54 Å². The molecule has 122 valence electrons. The van der Waals surface area contributed by atoms with Crippen LogP contribution >= 0.6 is 0 Å². The van der Waals surface area contributed by atoms with Gasteiger partial charge in [-0.25, -0.2) is 0 Å². The average Bonchev–Trinajstić information content (AvgIpc) is 2.91. The molecule has 1 N–H and O–H groups in total. The molecule has 0 bridgehead atoms. The van der Waals surface area contributed by atoms with Crippen LogP contribution in [-0.4, -0.2) is 22.2 Å². The molecule has 0 saturated carbocycles. The number of carbonyl (C=O) groups is 1. The maximum Gasteiger partial charge on any atom is 0.271 e. The monoisotopic (exact) mass is 303 g/mol. The van der Waals surface area contributed by atoms with Gasteiger partial charge in [0.2, 0.25) is 0 Å². The Kier molecular flexibility index (Phi) is 5.09. The Morgan fingerprint density at radius 2 is 2.14 bits per heavy atom. The van der Waals surface area contributed by atoms with Crippen molar-refractivity contribution in [1.82, 2.24) is 15.1 Å². The zero-order valence-corrected chi connectivity index (χ0v) is 14.5. The number of amides is 1. The van der Waals surface area contributed by atoms with E-state index in [0.29, 0.717) is 17.5 Å². The molecule has 1 aromatic rings. The van der Waals surface area contributed by atoms with Gasteiger partial charge in [-0.05, 0) is 57.9 Å². The number of aromatic nitrogens is 2. The predicted octanol–water partition coefficient (Wildman–Crippen LogP) is 3.85. The van der Waals surface area contributed by atoms with E-state index in [0.717, 1.165) is 31.5 Å². The zero-order chi connectivity index (χ0) is 16.3. The van der Waals surface area contributed by atoms with Crippen LogP contribution in [0.25, 0.3) is 0 Å². The molecule has 0 saturated heterocycles. The molecule has 1 aliphatic rings. The number of allylic oxidation sites excluding steroid dienone is 2. The van der Waals surface area contributed by atoms with Crippen LogP contribution in [0.4, 0.5) is 0 Å². The van der Waals surface area contributed by atoms with Crippen molar-refractivity contribution < 1.29 is 4.79 Å². The van der Waals surface area contributed by atoms with Gasteiger partial charge in [0.1, 0.15) is 5.69 Å². The molecule has 0 aromatic carbocycles. The van der Waals surface area contributed by atoms with Crippen molar-refractivity contribution in [1.29, 1.82) is 0 Å². The molecule has 22 heavy (non-hydrogen) atoms. The highest BCUT2D eigenvalue weighted by Gasteiger charge is 2.23. The standard InChI is InChI=1S/C18H29N3O/c1-13(2)16-11-15(20-21(16)18(3,4)5)17(22)19-12-14-9-7-6-8-10-14/h6-7,11,13-14H,8-10,12H2,1-5H3,(H,19,22)/t14-/m0/s1. The van der Waals surface area contributed by atoms with Crippen LogP contribution in [0, 0.1) is 5.92 Å². The minimum absolute atomic E-state index is 0.0561. The van der Waals surface area contributed by atoms with Gasteiger partial charge in [0.25, 0.3) is 5.91 Å². The second-order valence-electron chi connectivity index (χ2n) is 7.55. The summed E-state index contributed by atoms with van der Waals surface area (Å²) >= 11 is 0. The topological polar surface area (TPSA) is 46.9 Å². The molecule has 1 amide bonds. The highest BCUT2D eigenvalue weighted by atomic mass is 16.1. The fourth-order valence-corrected chi connectivity index (χ4v) is 2.82. The van der Waals surface area contributed by atoms with Crippen molar-refractivity contribution in [2.45, 2.75) is 65.3 Å². The minimum Gasteiger partial charge on any atom is -0.350 e. The lowest BCUT2D eigenvalue weighted by atomic mass is 9.94. The first-order valence-corrected chi connectivity index (χ1v) is 8.32. The summed E-state index contributed by atoms with van der Waals surface area (Å²) in [4.78, 5) is 12.4. The van der Waals surface area contributed by atoms with Gasteiger partial charge in [0.15, 0.2) is 0 Å². The predicted molar refractivity (Wildman–Crippen MR) is 90.1 cm³/mol. The molecule has 1 aromatic heterocycles. The van der Waals surface area contributed by atoms with Crippen LogP contribution in [0.5, 0.6) is 0 Å². The Morgan fingerprint density at radius 3 is 2.64 bits per heavy atom. The molecule has 2 rings (SSSR count). The maximum atomic E-state index is 12.4. The number of hydrogen-bond donors (Lipinski definition) is 1. The summed E-state index contributed by atoms with van der Waals surface area (Å²) < 4.78 is 1.98. The number of nitrogens with one attached hydrogen (secondary N) is 1. The third-order valence-electron chi connectivity index (χ3n) is 4.13. The summed E-state index contributed by atoms with van der Waals surface area (Å²) in [5.41, 5.74) is 1.52. The van der Waals surface area contributed by atoms with Crippen LogP contribution in [0.15, 0.2) is 18.2 Å². The van der Waals surface area contributed by atoms with E-state index in [-0.39, 0.29) is 11.4 Å². The second kappa shape index (κ2) is 6.67. The van der Waals surface area contributed by atoms with Gasteiger partial charge in [-0.1, -0.05) is 26.0 Å². The van der Waals surface area contributed by atoms with E-state index in [1.807, 2.05) is 10.7 Å². The van der Waals surface area contributed by atoms with Crippen molar-refractivity contribution in [3.63, 3.8) is 0 Å². The maximum absolute atomic E-state index is 12.4. The quantitative estimate of drug-likeness (QED) is 0.859. The highest BCUT2D eigenvalue weighted by Crippen LogP contribution is 2.23. The van der Waals surface area contributed by atoms with E-state index in [4.69, 9.17) is 0 Å². The summed E-state index contributed by atoms with van der Waals surface area (Å²) in [5, 5.41) is 7.61. The summed E-state index contributed by atoms with van der Waals surface area (Å²) in [5.74, 6) is 0.847. The Hall–Kier alpha value is -1.58. The molecular weight excluding hydrogens is 274 g/mol. The smallest absolute Gasteiger partial charge is 0.271 e. The van der Waals surface area contributed by atoms with Crippen molar-refractivity contribution in [2.24, 2.45) is 5.92 Å². The first kappa shape index (κ1) is 16.8. The summed E-state index contributed by atoms with van der Waals surface area (Å²) in [7, 11) is 0. The van der Waals surface area contributed by atoms with Crippen LogP contribution < -0.4 is 5.32 Å². The number of hydrogen-bond acceptors (Lipinski definition) is 2. The average molecular weight is 303 g/mol. The fourth-order valence-electron chi connectivity index (χ4n) is 2.82. The molecule has 4 nitrogen and oxygen atoms in total. The van der Waals surface area contributed by atoms with Crippen LogP contribution in [0.1, 0.15) is 76.0 Å². The molecule has 0 radical (unpaired) electrons. The second-order valence-corrected chi connectivity index (χ2v) is 7.55. The Morgan fingerprint density at radius 1 is 1.41 bits per heavy atom. The first-order valence-electron chi connectivity index (χ1n) is 8.32. The summed E-state index contributed by atoms with van der Waals surface area (Å²) in [6, 6.07) is 1.94. The van der Waals surface area contributed by atoms with Gasteiger partial charge in [-0.2, -0.15) is 5.10 Å². The van der Waals surface area contributed by atoms with Gasteiger partial charge < -0.3 is 5.32 Å². The Bertz CT molecular complexity index is 549. The van der Waals surface area contributed by atoms with E-state index in [9.17, 15) is 4.79 Å². The Labute approximate surface area is 134 Å². The van der Waals surface area contributed by atoms with E-state index in [1.165, 1.54) is 0 Å². The molecule has 0 aliphatic heterocycles. The third kappa shape index (κ3) is 3.99. The molecule has 1 heterocycles. The minimum atomic E-state index is -0.119. The van der Waals surface area contributed by atoms with Crippen molar-refractivity contribution in [3.05, 3.63) is 29.6 Å². The van der Waals surface area contributed by atoms with Crippen LogP contribution in [0.3, 0.4) is 0 Å². The van der Waals surface area contributed by atoms with Gasteiger partial charge in [0.05, 0.1) is 5.54 Å². The lowest BCUT2D eigenvalue weighted by Gasteiger charge is -2.23. The zero-order valence-electron chi connectivity index (χ0n) is 14.5.